The molecule has 1 aromatic rings. The van der Waals surface area contributed by atoms with E-state index in [9.17, 15) is 8.42 Å². The number of aromatic nitrogens is 2. The van der Waals surface area contributed by atoms with Crippen molar-refractivity contribution in [2.24, 2.45) is 0 Å². The predicted molar refractivity (Wildman–Crippen MR) is 57.2 cm³/mol. The number of hydrogen-bond acceptors (Lipinski definition) is 4. The molecule has 0 bridgehead atoms. The van der Waals surface area contributed by atoms with E-state index in [1.807, 2.05) is 0 Å². The van der Waals surface area contributed by atoms with Crippen molar-refractivity contribution in [1.82, 2.24) is 18.8 Å². The van der Waals surface area contributed by atoms with E-state index >= 15 is 0 Å². The Bertz CT molecular complexity index is 411. The van der Waals surface area contributed by atoms with Crippen molar-refractivity contribution in [1.29, 1.82) is 0 Å². The minimum absolute atomic E-state index is 0.279. The van der Waals surface area contributed by atoms with Gasteiger partial charge < -0.3 is 5.73 Å². The topological polar surface area (TPSA) is 93.2 Å². The average molecular weight is 233 g/mol. The Balaban J connectivity index is 2.40. The van der Waals surface area contributed by atoms with Gasteiger partial charge in [-0.1, -0.05) is 0 Å². The van der Waals surface area contributed by atoms with Crippen LogP contribution in [-0.2, 0) is 16.8 Å². The van der Waals surface area contributed by atoms with Gasteiger partial charge in [0.15, 0.2) is 0 Å². The molecule has 15 heavy (non-hydrogen) atoms. The van der Waals surface area contributed by atoms with Gasteiger partial charge in [-0.3, -0.25) is 4.68 Å². The van der Waals surface area contributed by atoms with Crippen LogP contribution in [0, 0.1) is 0 Å². The van der Waals surface area contributed by atoms with Crippen LogP contribution in [0.3, 0.4) is 0 Å². The second kappa shape index (κ2) is 4.60. The molecule has 0 spiro atoms. The largest absolute Gasteiger partial charge is 0.396 e. The number of nitrogens with two attached hydrogens (primary N) is 1. The fraction of sp³-hybridized carbons (Fsp3) is 0.571. The zero-order valence-electron chi connectivity index (χ0n) is 8.71. The van der Waals surface area contributed by atoms with Gasteiger partial charge >= 0.3 is 0 Å². The Morgan fingerprint density at radius 1 is 1.60 bits per heavy atom. The lowest BCUT2D eigenvalue weighted by Crippen LogP contribution is -2.37. The van der Waals surface area contributed by atoms with E-state index in [-0.39, 0.29) is 6.54 Å². The van der Waals surface area contributed by atoms with E-state index in [0.717, 1.165) is 4.31 Å². The van der Waals surface area contributed by atoms with Gasteiger partial charge in [0, 0.05) is 26.8 Å². The Hall–Kier alpha value is -1.12. The molecule has 0 unspecified atom stereocenters. The van der Waals surface area contributed by atoms with Gasteiger partial charge in [-0.05, 0) is 0 Å². The van der Waals surface area contributed by atoms with Gasteiger partial charge in [-0.25, -0.2) is 4.72 Å². The summed E-state index contributed by atoms with van der Waals surface area (Å²) in [6.45, 7) is 0.728. The molecule has 86 valence electrons. The highest BCUT2D eigenvalue weighted by Crippen LogP contribution is 1.97. The number of rotatable bonds is 5. The third-order valence-corrected chi connectivity index (χ3v) is 3.29. The molecule has 0 radical (unpaired) electrons. The molecule has 7 nitrogen and oxygen atoms in total. The molecule has 0 saturated carbocycles. The molecule has 0 amide bonds. The fourth-order valence-corrected chi connectivity index (χ4v) is 1.53. The molecule has 0 aliphatic carbocycles. The van der Waals surface area contributed by atoms with Crippen molar-refractivity contribution in [3.8, 4) is 0 Å². The molecule has 1 aromatic heterocycles. The van der Waals surface area contributed by atoms with Crippen LogP contribution in [0.25, 0.3) is 0 Å². The van der Waals surface area contributed by atoms with Crippen LogP contribution in [0.2, 0.25) is 0 Å². The molecule has 0 saturated heterocycles. The van der Waals surface area contributed by atoms with Crippen molar-refractivity contribution in [2.45, 2.75) is 6.54 Å². The van der Waals surface area contributed by atoms with E-state index in [4.69, 9.17) is 5.73 Å². The Kier molecular flexibility index (Phi) is 3.66. The van der Waals surface area contributed by atoms with Gasteiger partial charge in [-0.2, -0.15) is 17.8 Å². The molecule has 0 atom stereocenters. The maximum absolute atomic E-state index is 11.3. The molecule has 0 fully saturated rings. The summed E-state index contributed by atoms with van der Waals surface area (Å²) in [5.74, 6) is 0. The Morgan fingerprint density at radius 2 is 2.27 bits per heavy atom. The summed E-state index contributed by atoms with van der Waals surface area (Å²) in [5, 5.41) is 3.92. The normalized spacial score (nSPS) is 12.2. The maximum atomic E-state index is 11.3. The van der Waals surface area contributed by atoms with Gasteiger partial charge in [0.1, 0.15) is 0 Å². The van der Waals surface area contributed by atoms with Crippen molar-refractivity contribution in [3.63, 3.8) is 0 Å². The summed E-state index contributed by atoms with van der Waals surface area (Å²) in [6, 6.07) is 0. The van der Waals surface area contributed by atoms with Crippen molar-refractivity contribution >= 4 is 15.9 Å². The molecule has 3 N–H and O–H groups in total. The zero-order valence-corrected chi connectivity index (χ0v) is 9.53. The molecular formula is C7H15N5O2S. The van der Waals surface area contributed by atoms with Crippen molar-refractivity contribution in [2.75, 3.05) is 26.4 Å². The second-order valence-electron chi connectivity index (χ2n) is 3.22. The van der Waals surface area contributed by atoms with Crippen LogP contribution < -0.4 is 10.5 Å². The molecule has 1 rings (SSSR count). The summed E-state index contributed by atoms with van der Waals surface area (Å²) in [4.78, 5) is 0. The summed E-state index contributed by atoms with van der Waals surface area (Å²) in [5.41, 5.74) is 6.01. The van der Waals surface area contributed by atoms with Crippen LogP contribution in [0.5, 0.6) is 0 Å². The highest BCUT2D eigenvalue weighted by molar-refractivity contribution is 7.87. The van der Waals surface area contributed by atoms with Gasteiger partial charge in [0.25, 0.3) is 10.2 Å². The lowest BCUT2D eigenvalue weighted by atomic mass is 10.6. The lowest BCUT2D eigenvalue weighted by Gasteiger charge is -2.11. The first-order valence-electron chi connectivity index (χ1n) is 4.37. The van der Waals surface area contributed by atoms with E-state index < -0.39 is 10.2 Å². The van der Waals surface area contributed by atoms with E-state index in [1.165, 1.54) is 20.3 Å². The zero-order chi connectivity index (χ0) is 11.5. The third kappa shape index (κ3) is 3.50. The smallest absolute Gasteiger partial charge is 0.278 e. The highest BCUT2D eigenvalue weighted by atomic mass is 32.2. The SMILES string of the molecule is CN(C)S(=O)(=O)NCCn1cc(N)cn1. The number of hydrogen-bond donors (Lipinski definition) is 2. The summed E-state index contributed by atoms with van der Waals surface area (Å²) >= 11 is 0. The Morgan fingerprint density at radius 3 is 2.73 bits per heavy atom. The standard InChI is InChI=1S/C7H15N5O2S/c1-11(2)15(13,14)10-3-4-12-6-7(8)5-9-12/h5-6,10H,3-4,8H2,1-2H3. The van der Waals surface area contributed by atoms with E-state index in [0.29, 0.717) is 12.2 Å². The number of anilines is 1. The van der Waals surface area contributed by atoms with Crippen molar-refractivity contribution in [3.05, 3.63) is 12.4 Å². The average Bonchev–Trinajstić information content (AvgIpc) is 2.51. The number of nitrogens with one attached hydrogen (secondary N) is 1. The monoisotopic (exact) mass is 233 g/mol. The van der Waals surface area contributed by atoms with Gasteiger partial charge in [-0.15, -0.1) is 0 Å². The first-order valence-corrected chi connectivity index (χ1v) is 5.81. The van der Waals surface area contributed by atoms with Crippen LogP contribution in [0.15, 0.2) is 12.4 Å². The minimum atomic E-state index is -3.35. The maximum Gasteiger partial charge on any atom is 0.278 e. The van der Waals surface area contributed by atoms with Gasteiger partial charge in [0.2, 0.25) is 0 Å². The molecular weight excluding hydrogens is 218 g/mol. The first-order chi connectivity index (χ1) is 6.92. The van der Waals surface area contributed by atoms with Crippen LogP contribution in [-0.4, -0.2) is 43.1 Å². The molecule has 0 aliphatic heterocycles. The minimum Gasteiger partial charge on any atom is -0.396 e. The second-order valence-corrected chi connectivity index (χ2v) is 5.19. The molecule has 0 aliphatic rings. The van der Waals surface area contributed by atoms with Gasteiger partial charge in [0.05, 0.1) is 18.4 Å². The first kappa shape index (κ1) is 12.0. The molecule has 8 heteroatoms. The van der Waals surface area contributed by atoms with Crippen LogP contribution in [0.4, 0.5) is 5.69 Å². The van der Waals surface area contributed by atoms with Crippen LogP contribution >= 0.6 is 0 Å². The third-order valence-electron chi connectivity index (χ3n) is 1.76. The highest BCUT2D eigenvalue weighted by Gasteiger charge is 2.11. The molecule has 1 heterocycles. The summed E-state index contributed by atoms with van der Waals surface area (Å²) in [6.07, 6.45) is 3.16. The molecule has 0 aromatic carbocycles. The van der Waals surface area contributed by atoms with E-state index in [2.05, 4.69) is 9.82 Å². The van der Waals surface area contributed by atoms with E-state index in [1.54, 1.807) is 10.9 Å². The van der Waals surface area contributed by atoms with Crippen LogP contribution in [0.1, 0.15) is 0 Å². The fourth-order valence-electron chi connectivity index (χ4n) is 0.920. The number of nitrogen functional groups attached to an aromatic ring is 1. The Labute approximate surface area is 89.0 Å². The lowest BCUT2D eigenvalue weighted by molar-refractivity contribution is 0.497. The quantitative estimate of drug-likeness (QED) is 0.672. The van der Waals surface area contributed by atoms with Crippen molar-refractivity contribution < 1.29 is 8.42 Å². The summed E-state index contributed by atoms with van der Waals surface area (Å²) in [7, 11) is -0.418. The number of nitrogens with zero attached hydrogens (tertiary/aromatic N) is 3. The summed E-state index contributed by atoms with van der Waals surface area (Å²) < 4.78 is 27.7. The predicted octanol–water partition coefficient (Wildman–Crippen LogP) is -1.14.